The van der Waals surface area contributed by atoms with Crippen molar-refractivity contribution in [3.05, 3.63) is 81.2 Å². The molecule has 0 atom stereocenters. The lowest BCUT2D eigenvalue weighted by Crippen LogP contribution is -2.29. The van der Waals surface area contributed by atoms with Crippen molar-refractivity contribution < 1.29 is 4.12 Å². The molecule has 0 saturated heterocycles. The first-order valence-corrected chi connectivity index (χ1v) is 13.7. The highest BCUT2D eigenvalue weighted by Gasteiger charge is 2.17. The molecule has 0 unspecified atom stereocenters. The highest BCUT2D eigenvalue weighted by atomic mass is 28.4. The number of rotatable bonds is 6. The minimum Gasteiger partial charge on any atom is -0.454 e. The highest BCUT2D eigenvalue weighted by molar-refractivity contribution is 6.80. The fraction of sp³-hybridized carbons (Fsp3) is 0.273. The van der Waals surface area contributed by atoms with Crippen LogP contribution in [0.25, 0.3) is 12.2 Å². The molecule has 2 aromatic rings. The Labute approximate surface area is 154 Å². The second-order valence-electron chi connectivity index (χ2n) is 7.71. The van der Waals surface area contributed by atoms with Gasteiger partial charge in [0.25, 0.3) is 0 Å². The Bertz CT molecular complexity index is 849. The Balaban J connectivity index is 1.31. The predicted molar refractivity (Wildman–Crippen MR) is 113 cm³/mol. The molecule has 0 fully saturated rings. The van der Waals surface area contributed by atoms with Crippen molar-refractivity contribution in [3.63, 3.8) is 0 Å². The molecule has 4 rings (SSSR count). The molecule has 2 aliphatic rings. The highest BCUT2D eigenvalue weighted by Crippen LogP contribution is 2.25. The van der Waals surface area contributed by atoms with Crippen LogP contribution < -0.4 is 0 Å². The SMILES string of the molecule is C[Si](C)(/C=C/c1ccc2c(c1)CC2)O[SiH2]/C=C/c1ccc2c(c1)CC2. The van der Waals surface area contributed by atoms with Gasteiger partial charge in [0, 0.05) is 0 Å². The summed E-state index contributed by atoms with van der Waals surface area (Å²) in [7, 11) is -2.33. The number of benzene rings is 2. The summed E-state index contributed by atoms with van der Waals surface area (Å²) in [6, 6.07) is 13.7. The van der Waals surface area contributed by atoms with E-state index in [1.54, 1.807) is 0 Å². The standard InChI is InChI=1S/C22H26OSi2/c1-25(2,14-12-18-4-6-20-8-10-22(20)16-18)23-24-13-11-17-3-5-19-7-9-21(19)15-17/h3-6,11-16H,7-10,24H2,1-2H3/b13-11+,14-12+. The zero-order valence-electron chi connectivity index (χ0n) is 15.2. The van der Waals surface area contributed by atoms with Crippen molar-refractivity contribution >= 4 is 30.2 Å². The molecule has 0 spiro atoms. The van der Waals surface area contributed by atoms with E-state index in [4.69, 9.17) is 4.12 Å². The van der Waals surface area contributed by atoms with Crippen LogP contribution in [0.3, 0.4) is 0 Å². The molecule has 25 heavy (non-hydrogen) atoms. The second-order valence-corrected chi connectivity index (χ2v) is 13.2. The minimum absolute atomic E-state index is 0.614. The fourth-order valence-corrected chi connectivity index (χ4v) is 6.88. The zero-order chi connectivity index (χ0) is 17.3. The lowest BCUT2D eigenvalue weighted by atomic mass is 9.87. The summed E-state index contributed by atoms with van der Waals surface area (Å²) in [5.74, 6) is 0. The van der Waals surface area contributed by atoms with Crippen LogP contribution in [-0.2, 0) is 29.8 Å². The van der Waals surface area contributed by atoms with Crippen LogP contribution >= 0.6 is 0 Å². The summed E-state index contributed by atoms with van der Waals surface area (Å²) in [4.78, 5) is 0. The molecule has 0 aliphatic heterocycles. The lowest BCUT2D eigenvalue weighted by Gasteiger charge is -2.20. The Morgan fingerprint density at radius 3 is 1.88 bits per heavy atom. The van der Waals surface area contributed by atoms with Crippen LogP contribution in [0, 0.1) is 0 Å². The van der Waals surface area contributed by atoms with Gasteiger partial charge >= 0.3 is 0 Å². The molecule has 0 bridgehead atoms. The third-order valence-corrected chi connectivity index (χ3v) is 10.4. The van der Waals surface area contributed by atoms with Gasteiger partial charge in [0.1, 0.15) is 0 Å². The van der Waals surface area contributed by atoms with Gasteiger partial charge in [-0.2, -0.15) is 0 Å². The second kappa shape index (κ2) is 6.91. The summed E-state index contributed by atoms with van der Waals surface area (Å²) in [6.45, 7) is 4.58. The van der Waals surface area contributed by atoms with Crippen LogP contribution in [0.4, 0.5) is 0 Å². The van der Waals surface area contributed by atoms with Gasteiger partial charge in [0.15, 0.2) is 18.1 Å². The van der Waals surface area contributed by atoms with Gasteiger partial charge in [-0.3, -0.25) is 0 Å². The molecule has 2 aromatic carbocycles. The molecule has 0 N–H and O–H groups in total. The smallest absolute Gasteiger partial charge is 0.198 e. The molecule has 0 heterocycles. The molecular weight excluding hydrogens is 336 g/mol. The Kier molecular flexibility index (Phi) is 4.63. The average Bonchev–Trinajstić information content (AvgIpc) is 2.54. The summed E-state index contributed by atoms with van der Waals surface area (Å²) < 4.78 is 6.31. The number of hydrogen-bond acceptors (Lipinski definition) is 1. The Morgan fingerprint density at radius 1 is 0.800 bits per heavy atom. The van der Waals surface area contributed by atoms with E-state index >= 15 is 0 Å². The molecule has 3 heteroatoms. The third kappa shape index (κ3) is 3.94. The van der Waals surface area contributed by atoms with E-state index in [1.165, 1.54) is 59.1 Å². The molecule has 2 aliphatic carbocycles. The first-order chi connectivity index (χ1) is 12.1. The van der Waals surface area contributed by atoms with Gasteiger partial charge in [-0.15, -0.1) is 0 Å². The van der Waals surface area contributed by atoms with Gasteiger partial charge in [-0.05, 0) is 72.2 Å². The van der Waals surface area contributed by atoms with Crippen LogP contribution in [0.15, 0.2) is 47.8 Å². The first kappa shape index (κ1) is 16.8. The molecular formula is C22H26OSi2. The van der Waals surface area contributed by atoms with Crippen LogP contribution in [0.5, 0.6) is 0 Å². The molecule has 0 amide bonds. The first-order valence-electron chi connectivity index (χ1n) is 9.32. The Morgan fingerprint density at radius 2 is 1.36 bits per heavy atom. The zero-order valence-corrected chi connectivity index (χ0v) is 17.6. The number of fused-ring (bicyclic) bond motifs is 2. The Hall–Kier alpha value is -1.69. The maximum atomic E-state index is 6.31. The van der Waals surface area contributed by atoms with E-state index in [1.807, 2.05) is 0 Å². The van der Waals surface area contributed by atoms with E-state index in [9.17, 15) is 0 Å². The average molecular weight is 363 g/mol. The molecule has 1 nitrogen and oxygen atoms in total. The lowest BCUT2D eigenvalue weighted by molar-refractivity contribution is 0.614. The molecule has 0 saturated carbocycles. The monoisotopic (exact) mass is 362 g/mol. The van der Waals surface area contributed by atoms with Gasteiger partial charge in [-0.25, -0.2) is 0 Å². The van der Waals surface area contributed by atoms with E-state index in [2.05, 4.69) is 73.0 Å². The van der Waals surface area contributed by atoms with Gasteiger partial charge in [-0.1, -0.05) is 59.9 Å². The molecule has 128 valence electrons. The van der Waals surface area contributed by atoms with E-state index in [-0.39, 0.29) is 0 Å². The third-order valence-electron chi connectivity index (χ3n) is 5.33. The van der Waals surface area contributed by atoms with Crippen molar-refractivity contribution in [2.24, 2.45) is 0 Å². The predicted octanol–water partition coefficient (Wildman–Crippen LogP) is 4.41. The molecule has 0 radical (unpaired) electrons. The number of hydrogen-bond donors (Lipinski definition) is 0. The van der Waals surface area contributed by atoms with Crippen LogP contribution in [0.1, 0.15) is 33.4 Å². The van der Waals surface area contributed by atoms with Crippen molar-refractivity contribution in [2.45, 2.75) is 38.8 Å². The number of aryl methyl sites for hydroxylation is 4. The van der Waals surface area contributed by atoms with E-state index in [0.717, 1.165) is 0 Å². The maximum Gasteiger partial charge on any atom is 0.198 e. The van der Waals surface area contributed by atoms with Gasteiger partial charge < -0.3 is 4.12 Å². The summed E-state index contributed by atoms with van der Waals surface area (Å²) >= 11 is 0. The van der Waals surface area contributed by atoms with Gasteiger partial charge in [0.05, 0.1) is 0 Å². The van der Waals surface area contributed by atoms with Crippen LogP contribution in [0.2, 0.25) is 13.1 Å². The summed E-state index contributed by atoms with van der Waals surface area (Å²) in [6.07, 6.45) is 9.52. The summed E-state index contributed by atoms with van der Waals surface area (Å²) in [5, 5.41) is 0. The normalized spacial score (nSPS) is 16.2. The van der Waals surface area contributed by atoms with Crippen molar-refractivity contribution in [1.29, 1.82) is 0 Å². The van der Waals surface area contributed by atoms with E-state index < -0.39 is 18.1 Å². The van der Waals surface area contributed by atoms with Crippen molar-refractivity contribution in [2.75, 3.05) is 0 Å². The minimum atomic E-state index is -1.72. The topological polar surface area (TPSA) is 9.23 Å². The maximum absolute atomic E-state index is 6.31. The van der Waals surface area contributed by atoms with Gasteiger partial charge in [0.2, 0.25) is 0 Å². The largest absolute Gasteiger partial charge is 0.454 e. The van der Waals surface area contributed by atoms with E-state index in [0.29, 0.717) is 0 Å². The van der Waals surface area contributed by atoms with Crippen molar-refractivity contribution in [1.82, 2.24) is 0 Å². The van der Waals surface area contributed by atoms with Crippen LogP contribution in [-0.4, -0.2) is 18.1 Å². The van der Waals surface area contributed by atoms with Crippen molar-refractivity contribution in [3.8, 4) is 0 Å². The fourth-order valence-electron chi connectivity index (χ4n) is 3.43. The quantitative estimate of drug-likeness (QED) is 0.692. The summed E-state index contributed by atoms with van der Waals surface area (Å²) in [5.41, 5.74) is 13.4. The molecule has 0 aromatic heterocycles.